The second kappa shape index (κ2) is 9.45. The van der Waals surface area contributed by atoms with Gasteiger partial charge in [0.25, 0.3) is 0 Å². The summed E-state index contributed by atoms with van der Waals surface area (Å²) in [6.45, 7) is 0.761. The lowest BCUT2D eigenvalue weighted by molar-refractivity contribution is -0.137. The number of hydrogen-bond acceptors (Lipinski definition) is 4. The van der Waals surface area contributed by atoms with Crippen molar-refractivity contribution in [2.24, 2.45) is 0 Å². The van der Waals surface area contributed by atoms with E-state index in [0.717, 1.165) is 36.1 Å². The van der Waals surface area contributed by atoms with E-state index in [4.69, 9.17) is 20.9 Å². The van der Waals surface area contributed by atoms with Crippen molar-refractivity contribution in [1.82, 2.24) is 15.4 Å². The molecule has 1 N–H and O–H groups in total. The van der Waals surface area contributed by atoms with Gasteiger partial charge in [0.2, 0.25) is 0 Å². The molecule has 2 aromatic carbocycles. The zero-order valence-corrected chi connectivity index (χ0v) is 19.4. The van der Waals surface area contributed by atoms with Crippen LogP contribution in [0.5, 0.6) is 5.75 Å². The summed E-state index contributed by atoms with van der Waals surface area (Å²) < 4.78 is 50.3. The Morgan fingerprint density at radius 1 is 1.17 bits per heavy atom. The number of fused-ring (bicyclic) bond motifs is 1. The first-order valence-corrected chi connectivity index (χ1v) is 11.8. The van der Waals surface area contributed by atoms with Crippen molar-refractivity contribution < 1.29 is 27.2 Å². The van der Waals surface area contributed by atoms with Crippen LogP contribution in [0.1, 0.15) is 59.4 Å². The summed E-state index contributed by atoms with van der Waals surface area (Å²) in [5.41, 5.74) is 1.70. The number of aromatic nitrogens is 1. The van der Waals surface area contributed by atoms with Crippen LogP contribution in [0.15, 0.2) is 53.2 Å². The quantitative estimate of drug-likeness (QED) is 0.451. The smallest absolute Gasteiger partial charge is 0.416 e. The molecule has 0 aliphatic carbocycles. The van der Waals surface area contributed by atoms with Gasteiger partial charge in [0.15, 0.2) is 5.76 Å². The predicted octanol–water partition coefficient (Wildman–Crippen LogP) is 6.31. The minimum atomic E-state index is -4.46. The van der Waals surface area contributed by atoms with E-state index in [9.17, 15) is 18.0 Å². The van der Waals surface area contributed by atoms with Crippen molar-refractivity contribution >= 4 is 17.6 Å². The summed E-state index contributed by atoms with van der Waals surface area (Å²) in [4.78, 5) is 15.0. The van der Waals surface area contributed by atoms with Crippen LogP contribution in [0, 0.1) is 0 Å². The maximum atomic E-state index is 13.3. The molecule has 35 heavy (non-hydrogen) atoms. The van der Waals surface area contributed by atoms with Gasteiger partial charge in [-0.05, 0) is 42.7 Å². The van der Waals surface area contributed by atoms with Gasteiger partial charge in [-0.3, -0.25) is 0 Å². The third-order valence-electron chi connectivity index (χ3n) is 6.48. The van der Waals surface area contributed by atoms with Gasteiger partial charge in [0, 0.05) is 35.5 Å². The van der Waals surface area contributed by atoms with Gasteiger partial charge in [0.1, 0.15) is 5.75 Å². The molecular formula is C25H23ClF3N3O3. The van der Waals surface area contributed by atoms with Crippen LogP contribution in [0.4, 0.5) is 18.0 Å². The zero-order valence-electron chi connectivity index (χ0n) is 18.6. The van der Waals surface area contributed by atoms with Crippen LogP contribution < -0.4 is 10.1 Å². The average molecular weight is 506 g/mol. The molecule has 0 saturated carbocycles. The number of hydrogen-bond donors (Lipinski definition) is 1. The molecule has 2 amide bonds. The summed E-state index contributed by atoms with van der Waals surface area (Å²) in [6, 6.07) is 9.89. The minimum absolute atomic E-state index is 0.148. The van der Waals surface area contributed by atoms with E-state index >= 15 is 0 Å². The van der Waals surface area contributed by atoms with Crippen molar-refractivity contribution in [2.75, 3.05) is 13.2 Å². The summed E-state index contributed by atoms with van der Waals surface area (Å²) in [6.07, 6.45) is -0.193. The molecule has 2 atom stereocenters. The number of rotatable bonds is 4. The van der Waals surface area contributed by atoms with Gasteiger partial charge in [-0.1, -0.05) is 35.0 Å². The van der Waals surface area contributed by atoms with Gasteiger partial charge >= 0.3 is 12.2 Å². The molecule has 1 fully saturated rings. The average Bonchev–Trinajstić information content (AvgIpc) is 3.49. The Kier molecular flexibility index (Phi) is 6.35. The lowest BCUT2D eigenvalue weighted by atomic mass is 9.98. The van der Waals surface area contributed by atoms with Gasteiger partial charge in [-0.15, -0.1) is 0 Å². The fourth-order valence-electron chi connectivity index (χ4n) is 4.73. The van der Waals surface area contributed by atoms with E-state index in [1.54, 1.807) is 11.1 Å². The Balaban J connectivity index is 1.32. The molecule has 2 aliphatic heterocycles. The number of nitrogens with zero attached hydrogens (tertiary/aromatic N) is 2. The fraction of sp³-hybridized carbons (Fsp3) is 0.360. The highest BCUT2D eigenvalue weighted by Crippen LogP contribution is 2.39. The number of halogens is 4. The van der Waals surface area contributed by atoms with Crippen LogP contribution in [-0.4, -0.2) is 29.2 Å². The van der Waals surface area contributed by atoms with Crippen LogP contribution >= 0.6 is 11.6 Å². The lowest BCUT2D eigenvalue weighted by Crippen LogP contribution is -2.42. The van der Waals surface area contributed by atoms with Crippen molar-refractivity contribution in [2.45, 2.75) is 43.9 Å². The normalized spacial score (nSPS) is 19.8. The molecule has 0 radical (unpaired) electrons. The standard InChI is InChI=1S/C25H23ClF3N3O3/c26-18-6-3-15(4-7-18)12-16-14-30-35-23(16)21-2-1-10-32(21)24(33)31-20-9-11-34-22-13-17(25(27,28)29)5-8-19(20)22/h3-8,13-14,20-21H,1-2,9-12H2,(H,31,33)/t20-,21?/m0/s1. The van der Waals surface area contributed by atoms with E-state index in [0.29, 0.717) is 35.7 Å². The molecule has 3 heterocycles. The summed E-state index contributed by atoms with van der Waals surface area (Å²) in [5.74, 6) is 0.796. The van der Waals surface area contributed by atoms with E-state index in [1.807, 2.05) is 24.3 Å². The molecular weight excluding hydrogens is 483 g/mol. The molecule has 6 nitrogen and oxygen atoms in total. The monoisotopic (exact) mass is 505 g/mol. The van der Waals surface area contributed by atoms with E-state index in [-0.39, 0.29) is 24.4 Å². The third-order valence-corrected chi connectivity index (χ3v) is 6.73. The Bertz CT molecular complexity index is 1210. The number of urea groups is 1. The van der Waals surface area contributed by atoms with Crippen molar-refractivity contribution in [3.8, 4) is 5.75 Å². The molecule has 5 rings (SSSR count). The maximum Gasteiger partial charge on any atom is 0.416 e. The van der Waals surface area contributed by atoms with Crippen LogP contribution in [0.2, 0.25) is 5.02 Å². The number of carbonyl (C=O) groups excluding carboxylic acids is 1. The molecule has 1 saturated heterocycles. The number of carbonyl (C=O) groups is 1. The Hall–Kier alpha value is -3.20. The Morgan fingerprint density at radius 3 is 2.74 bits per heavy atom. The number of benzene rings is 2. The molecule has 3 aromatic rings. The van der Waals surface area contributed by atoms with Gasteiger partial charge < -0.3 is 19.5 Å². The molecule has 1 aromatic heterocycles. The van der Waals surface area contributed by atoms with Gasteiger partial charge in [-0.2, -0.15) is 13.2 Å². The first kappa shape index (κ1) is 23.5. The fourth-order valence-corrected chi connectivity index (χ4v) is 4.85. The summed E-state index contributed by atoms with van der Waals surface area (Å²) >= 11 is 5.98. The van der Waals surface area contributed by atoms with Crippen molar-refractivity contribution in [3.05, 3.63) is 81.7 Å². The second-order valence-corrected chi connectivity index (χ2v) is 9.20. The molecule has 10 heteroatoms. The topological polar surface area (TPSA) is 67.6 Å². The number of ether oxygens (including phenoxy) is 1. The second-order valence-electron chi connectivity index (χ2n) is 8.76. The third kappa shape index (κ3) is 4.96. The summed E-state index contributed by atoms with van der Waals surface area (Å²) in [5, 5.41) is 7.63. The first-order chi connectivity index (χ1) is 16.8. The van der Waals surface area contributed by atoms with Gasteiger partial charge in [-0.25, -0.2) is 4.79 Å². The van der Waals surface area contributed by atoms with Crippen molar-refractivity contribution in [1.29, 1.82) is 0 Å². The number of nitrogens with one attached hydrogen (secondary N) is 1. The Morgan fingerprint density at radius 2 is 1.97 bits per heavy atom. The van der Waals surface area contributed by atoms with Crippen molar-refractivity contribution in [3.63, 3.8) is 0 Å². The van der Waals surface area contributed by atoms with Crippen LogP contribution in [0.25, 0.3) is 0 Å². The predicted molar refractivity (Wildman–Crippen MR) is 122 cm³/mol. The first-order valence-electron chi connectivity index (χ1n) is 11.4. The number of alkyl halides is 3. The number of likely N-dealkylation sites (tertiary alicyclic amines) is 1. The lowest BCUT2D eigenvalue weighted by Gasteiger charge is -2.31. The highest BCUT2D eigenvalue weighted by molar-refractivity contribution is 6.30. The van der Waals surface area contributed by atoms with E-state index in [2.05, 4.69) is 10.5 Å². The minimum Gasteiger partial charge on any atom is -0.493 e. The summed E-state index contributed by atoms with van der Waals surface area (Å²) in [7, 11) is 0. The molecule has 2 aliphatic rings. The highest BCUT2D eigenvalue weighted by atomic mass is 35.5. The molecule has 184 valence electrons. The van der Waals surface area contributed by atoms with Crippen LogP contribution in [0.3, 0.4) is 0 Å². The van der Waals surface area contributed by atoms with E-state index in [1.165, 1.54) is 6.07 Å². The zero-order chi connectivity index (χ0) is 24.6. The largest absolute Gasteiger partial charge is 0.493 e. The Labute approximate surface area is 205 Å². The highest BCUT2D eigenvalue weighted by Gasteiger charge is 2.37. The number of amides is 2. The van der Waals surface area contributed by atoms with Gasteiger partial charge in [0.05, 0.1) is 30.5 Å². The molecule has 1 unspecified atom stereocenters. The maximum absolute atomic E-state index is 13.3. The SMILES string of the molecule is O=C(N[C@H]1CCOc2cc(C(F)(F)F)ccc21)N1CCCC1c1oncc1Cc1ccc(Cl)cc1. The molecule has 0 spiro atoms. The molecule has 0 bridgehead atoms. The van der Waals surface area contributed by atoms with E-state index < -0.39 is 17.8 Å². The van der Waals surface area contributed by atoms with Crippen LogP contribution in [-0.2, 0) is 12.6 Å².